The molecule has 1 amide bonds. The van der Waals surface area contributed by atoms with Gasteiger partial charge in [0.1, 0.15) is 11.6 Å². The van der Waals surface area contributed by atoms with E-state index in [2.05, 4.69) is 26.3 Å². The number of carbonyl (C=O) groups is 1. The summed E-state index contributed by atoms with van der Waals surface area (Å²) in [4.78, 5) is 30.3. The van der Waals surface area contributed by atoms with Gasteiger partial charge in [-0.15, -0.1) is 0 Å². The number of aromatic nitrogens is 2. The number of para-hydroxylation sites is 1. The third-order valence-electron chi connectivity index (χ3n) is 5.50. The summed E-state index contributed by atoms with van der Waals surface area (Å²) in [7, 11) is 1.47. The summed E-state index contributed by atoms with van der Waals surface area (Å²) < 4.78 is 26.8. The van der Waals surface area contributed by atoms with Gasteiger partial charge in [-0.1, -0.05) is 48.8 Å². The summed E-state index contributed by atoms with van der Waals surface area (Å²) in [5.41, 5.74) is 0.560. The Morgan fingerprint density at radius 3 is 2.61 bits per heavy atom. The van der Waals surface area contributed by atoms with E-state index in [9.17, 15) is 14.0 Å². The first-order chi connectivity index (χ1) is 18.1. The predicted molar refractivity (Wildman–Crippen MR) is 149 cm³/mol. The number of ether oxygens (including phenoxy) is 2. The van der Waals surface area contributed by atoms with Gasteiger partial charge in [0, 0.05) is 9.89 Å². The molecule has 0 bridgehead atoms. The van der Waals surface area contributed by atoms with Crippen molar-refractivity contribution < 1.29 is 18.7 Å². The molecule has 1 heterocycles. The van der Waals surface area contributed by atoms with Crippen molar-refractivity contribution in [3.8, 4) is 11.5 Å². The van der Waals surface area contributed by atoms with Crippen LogP contribution in [0, 0.1) is 5.82 Å². The molecule has 0 saturated carbocycles. The predicted octanol–water partition coefficient (Wildman–Crippen LogP) is 5.50. The smallest absolute Gasteiger partial charge is 0.282 e. The molecule has 0 atom stereocenters. The zero-order valence-corrected chi connectivity index (χ0v) is 22.9. The lowest BCUT2D eigenvalue weighted by Crippen LogP contribution is -2.29. The molecule has 0 fully saturated rings. The fourth-order valence-electron chi connectivity index (χ4n) is 3.64. The summed E-state index contributed by atoms with van der Waals surface area (Å²) in [5, 5.41) is 7.37. The maximum atomic E-state index is 13.8. The first kappa shape index (κ1) is 27.0. The number of nitrogens with zero attached hydrogens (tertiary/aromatic N) is 3. The molecule has 0 aliphatic rings. The SMILES string of the molecule is COc1cc(C=Nn2c(C(C)(C)C)nc3ccc(Br)cc3c2=O)ccc1OCC(=O)Nc1ccccc1F. The number of halogens is 2. The van der Waals surface area contributed by atoms with Crippen molar-refractivity contribution in [3.05, 3.63) is 92.7 Å². The van der Waals surface area contributed by atoms with Gasteiger partial charge in [-0.05, 0) is 54.1 Å². The van der Waals surface area contributed by atoms with Gasteiger partial charge in [0.15, 0.2) is 18.1 Å². The van der Waals surface area contributed by atoms with E-state index in [1.807, 2.05) is 26.8 Å². The van der Waals surface area contributed by atoms with Crippen LogP contribution < -0.4 is 20.3 Å². The van der Waals surface area contributed by atoms with Crippen LogP contribution in [0.1, 0.15) is 32.2 Å². The highest BCUT2D eigenvalue weighted by Gasteiger charge is 2.23. The Morgan fingerprint density at radius 1 is 1.13 bits per heavy atom. The van der Waals surface area contributed by atoms with E-state index >= 15 is 0 Å². The lowest BCUT2D eigenvalue weighted by molar-refractivity contribution is -0.118. The highest BCUT2D eigenvalue weighted by atomic mass is 79.9. The van der Waals surface area contributed by atoms with Gasteiger partial charge < -0.3 is 14.8 Å². The molecule has 10 heteroatoms. The fourth-order valence-corrected chi connectivity index (χ4v) is 4.00. The molecule has 0 aliphatic heterocycles. The Hall–Kier alpha value is -4.05. The molecule has 0 spiro atoms. The summed E-state index contributed by atoms with van der Waals surface area (Å²) in [6.45, 7) is 5.54. The van der Waals surface area contributed by atoms with Gasteiger partial charge in [0.25, 0.3) is 11.5 Å². The van der Waals surface area contributed by atoms with E-state index in [-0.39, 0.29) is 17.9 Å². The second-order valence-corrected chi connectivity index (χ2v) is 10.4. The highest BCUT2D eigenvalue weighted by molar-refractivity contribution is 9.10. The Kier molecular flexibility index (Phi) is 7.91. The molecule has 38 heavy (non-hydrogen) atoms. The van der Waals surface area contributed by atoms with Gasteiger partial charge in [-0.25, -0.2) is 9.37 Å². The van der Waals surface area contributed by atoms with Crippen LogP contribution in [0.25, 0.3) is 10.9 Å². The van der Waals surface area contributed by atoms with Crippen molar-refractivity contribution in [3.63, 3.8) is 0 Å². The van der Waals surface area contributed by atoms with E-state index in [1.165, 1.54) is 36.2 Å². The molecule has 1 aromatic heterocycles. The normalized spacial score (nSPS) is 11.6. The Balaban J connectivity index is 1.58. The number of benzene rings is 3. The molecule has 4 aromatic rings. The summed E-state index contributed by atoms with van der Waals surface area (Å²) in [6.07, 6.45) is 1.53. The second-order valence-electron chi connectivity index (χ2n) is 9.44. The van der Waals surface area contributed by atoms with Crippen LogP contribution in [0.5, 0.6) is 11.5 Å². The van der Waals surface area contributed by atoms with E-state index < -0.39 is 17.1 Å². The van der Waals surface area contributed by atoms with Crippen LogP contribution in [-0.2, 0) is 10.2 Å². The quantitative estimate of drug-likeness (QED) is 0.291. The van der Waals surface area contributed by atoms with Crippen molar-refractivity contribution in [2.24, 2.45) is 5.10 Å². The number of carbonyl (C=O) groups excluding carboxylic acids is 1. The Labute approximate surface area is 227 Å². The Morgan fingerprint density at radius 2 is 1.89 bits per heavy atom. The molecule has 3 aromatic carbocycles. The molecular weight excluding hydrogens is 555 g/mol. The summed E-state index contributed by atoms with van der Waals surface area (Å²) >= 11 is 3.41. The number of rotatable bonds is 7. The summed E-state index contributed by atoms with van der Waals surface area (Å²) in [5.74, 6) is 0.133. The van der Waals surface area contributed by atoms with Crippen molar-refractivity contribution >= 4 is 44.6 Å². The first-order valence-corrected chi connectivity index (χ1v) is 12.5. The Bertz CT molecular complexity index is 1590. The molecule has 0 radical (unpaired) electrons. The lowest BCUT2D eigenvalue weighted by Gasteiger charge is -2.20. The van der Waals surface area contributed by atoms with Crippen molar-refractivity contribution in [1.29, 1.82) is 0 Å². The lowest BCUT2D eigenvalue weighted by atomic mass is 9.95. The van der Waals surface area contributed by atoms with Gasteiger partial charge in [-0.3, -0.25) is 9.59 Å². The molecule has 0 aliphatic carbocycles. The van der Waals surface area contributed by atoms with E-state index in [0.29, 0.717) is 33.8 Å². The fraction of sp³-hybridized carbons (Fsp3) is 0.214. The largest absolute Gasteiger partial charge is 0.493 e. The molecule has 1 N–H and O–H groups in total. The van der Waals surface area contributed by atoms with E-state index in [0.717, 1.165) is 4.47 Å². The summed E-state index contributed by atoms with van der Waals surface area (Å²) in [6, 6.07) is 16.2. The van der Waals surface area contributed by atoms with Crippen LogP contribution in [0.15, 0.2) is 75.0 Å². The van der Waals surface area contributed by atoms with Gasteiger partial charge in [-0.2, -0.15) is 9.78 Å². The van der Waals surface area contributed by atoms with E-state index in [4.69, 9.17) is 14.5 Å². The third-order valence-corrected chi connectivity index (χ3v) is 5.99. The maximum Gasteiger partial charge on any atom is 0.282 e. The van der Waals surface area contributed by atoms with Gasteiger partial charge in [0.2, 0.25) is 0 Å². The molecule has 8 nitrogen and oxygen atoms in total. The second kappa shape index (κ2) is 11.1. The molecule has 0 saturated heterocycles. The zero-order valence-electron chi connectivity index (χ0n) is 21.3. The average Bonchev–Trinajstić information content (AvgIpc) is 2.88. The van der Waals surface area contributed by atoms with E-state index in [1.54, 1.807) is 36.4 Å². The number of hydrogen-bond acceptors (Lipinski definition) is 6. The minimum absolute atomic E-state index is 0.0695. The molecule has 4 rings (SSSR count). The van der Waals surface area contributed by atoms with Crippen LogP contribution in [0.3, 0.4) is 0 Å². The first-order valence-electron chi connectivity index (χ1n) is 11.7. The monoisotopic (exact) mass is 580 g/mol. The van der Waals surface area contributed by atoms with Crippen LogP contribution in [-0.4, -0.2) is 35.5 Å². The average molecular weight is 581 g/mol. The molecule has 196 valence electrons. The number of methoxy groups -OCH3 is 1. The third kappa shape index (κ3) is 6.08. The molecular formula is C28H26BrFN4O4. The van der Waals surface area contributed by atoms with Crippen molar-refractivity contribution in [2.75, 3.05) is 19.0 Å². The maximum absolute atomic E-state index is 13.8. The van der Waals surface area contributed by atoms with Gasteiger partial charge in [0.05, 0.1) is 29.9 Å². The topological polar surface area (TPSA) is 94.8 Å². The van der Waals surface area contributed by atoms with Crippen LogP contribution in [0.2, 0.25) is 0 Å². The number of anilines is 1. The highest BCUT2D eigenvalue weighted by Crippen LogP contribution is 2.28. The standard InChI is InChI=1S/C28H26BrFN4O4/c1-28(2,3)27-33-21-11-10-18(29)14-19(21)26(36)34(27)31-15-17-9-12-23(24(13-17)37-4)38-16-25(35)32-22-8-6-5-7-20(22)30/h5-15H,16H2,1-4H3,(H,32,35). The van der Waals surface area contributed by atoms with Crippen molar-refractivity contribution in [2.45, 2.75) is 26.2 Å². The molecule has 0 unspecified atom stereocenters. The number of fused-ring (bicyclic) bond motifs is 1. The minimum Gasteiger partial charge on any atom is -0.493 e. The number of amides is 1. The number of hydrogen-bond donors (Lipinski definition) is 1. The zero-order chi connectivity index (χ0) is 27.4. The number of nitrogens with one attached hydrogen (secondary N) is 1. The van der Waals surface area contributed by atoms with Gasteiger partial charge >= 0.3 is 0 Å². The van der Waals surface area contributed by atoms with Crippen LogP contribution >= 0.6 is 15.9 Å². The van der Waals surface area contributed by atoms with Crippen molar-refractivity contribution in [1.82, 2.24) is 9.66 Å². The minimum atomic E-state index is -0.537. The van der Waals surface area contributed by atoms with Crippen LogP contribution in [0.4, 0.5) is 10.1 Å².